The lowest BCUT2D eigenvalue weighted by Gasteiger charge is -2.17. The Hall–Kier alpha value is -2.73. The minimum atomic E-state index is -0.515. The first kappa shape index (κ1) is 22.5. The van der Waals surface area contributed by atoms with Crippen molar-refractivity contribution in [3.8, 4) is 5.75 Å². The molecule has 7 heteroatoms. The topological polar surface area (TPSA) is 48.4 Å². The number of carbonyl (C=O) groups is 1. The van der Waals surface area contributed by atoms with Crippen LogP contribution < -0.4 is 4.74 Å². The number of esters is 1. The SMILES string of the molecule is COC(=O)c1c(SCc2ccccc2Cl)nc2ccccc2c1OCc1ccccc1Cl. The fraction of sp³-hybridized carbons (Fsp3) is 0.120. The summed E-state index contributed by atoms with van der Waals surface area (Å²) in [5.74, 6) is 0.446. The quantitative estimate of drug-likeness (QED) is 0.205. The van der Waals surface area contributed by atoms with Gasteiger partial charge in [-0.3, -0.25) is 0 Å². The molecule has 1 aromatic heterocycles. The van der Waals surface area contributed by atoms with Crippen molar-refractivity contribution in [1.29, 1.82) is 0 Å². The molecule has 0 saturated carbocycles. The van der Waals surface area contributed by atoms with Gasteiger partial charge in [0, 0.05) is 26.7 Å². The Labute approximate surface area is 200 Å². The van der Waals surface area contributed by atoms with E-state index in [4.69, 9.17) is 37.7 Å². The Bertz CT molecular complexity index is 1280. The Morgan fingerprint density at radius 2 is 1.53 bits per heavy atom. The van der Waals surface area contributed by atoms with Crippen molar-refractivity contribution >= 4 is 51.8 Å². The van der Waals surface area contributed by atoms with E-state index in [1.165, 1.54) is 18.9 Å². The van der Waals surface area contributed by atoms with E-state index in [1.54, 1.807) is 6.07 Å². The molecule has 0 unspecified atom stereocenters. The van der Waals surface area contributed by atoms with Gasteiger partial charge in [-0.15, -0.1) is 11.8 Å². The zero-order valence-corrected chi connectivity index (χ0v) is 19.5. The van der Waals surface area contributed by atoms with Crippen molar-refractivity contribution < 1.29 is 14.3 Å². The lowest BCUT2D eigenvalue weighted by molar-refractivity contribution is 0.0590. The number of benzene rings is 3. The Morgan fingerprint density at radius 3 is 2.22 bits per heavy atom. The molecule has 0 fully saturated rings. The van der Waals surface area contributed by atoms with E-state index < -0.39 is 5.97 Å². The zero-order valence-electron chi connectivity index (χ0n) is 17.2. The minimum Gasteiger partial charge on any atom is -0.487 e. The number of thioether (sulfide) groups is 1. The number of ether oxygens (including phenoxy) is 2. The van der Waals surface area contributed by atoms with E-state index in [9.17, 15) is 4.79 Å². The number of methoxy groups -OCH3 is 1. The molecule has 1 heterocycles. The number of halogens is 2. The summed E-state index contributed by atoms with van der Waals surface area (Å²) in [6.45, 7) is 0.201. The van der Waals surface area contributed by atoms with E-state index >= 15 is 0 Å². The molecular formula is C25H19Cl2NO3S. The average Bonchev–Trinajstić information content (AvgIpc) is 2.82. The third-order valence-corrected chi connectivity index (χ3v) is 6.61. The fourth-order valence-electron chi connectivity index (χ4n) is 3.22. The summed E-state index contributed by atoms with van der Waals surface area (Å²) < 4.78 is 11.3. The van der Waals surface area contributed by atoms with Gasteiger partial charge in [-0.2, -0.15) is 0 Å². The van der Waals surface area contributed by atoms with Gasteiger partial charge < -0.3 is 9.47 Å². The Balaban J connectivity index is 1.78. The summed E-state index contributed by atoms with van der Waals surface area (Å²) in [7, 11) is 1.35. The third-order valence-electron chi connectivity index (χ3n) is 4.85. The van der Waals surface area contributed by atoms with Gasteiger partial charge in [0.05, 0.1) is 12.6 Å². The molecule has 0 spiro atoms. The van der Waals surface area contributed by atoms with Gasteiger partial charge in [-0.25, -0.2) is 9.78 Å². The molecule has 0 N–H and O–H groups in total. The Kier molecular flexibility index (Phi) is 7.20. The zero-order chi connectivity index (χ0) is 22.5. The minimum absolute atomic E-state index is 0.201. The van der Waals surface area contributed by atoms with E-state index in [2.05, 4.69) is 0 Å². The fourth-order valence-corrected chi connectivity index (χ4v) is 4.72. The third kappa shape index (κ3) is 4.85. The molecule has 4 nitrogen and oxygen atoms in total. The molecule has 4 aromatic rings. The number of nitrogens with zero attached hydrogens (tertiary/aromatic N) is 1. The molecule has 0 aliphatic rings. The van der Waals surface area contributed by atoms with Crippen LogP contribution >= 0.6 is 35.0 Å². The molecule has 162 valence electrons. The van der Waals surface area contributed by atoms with Gasteiger partial charge in [0.2, 0.25) is 0 Å². The summed E-state index contributed by atoms with van der Waals surface area (Å²) in [4.78, 5) is 17.6. The number of hydrogen-bond donors (Lipinski definition) is 0. The van der Waals surface area contributed by atoms with Crippen molar-refractivity contribution in [1.82, 2.24) is 4.98 Å². The highest BCUT2D eigenvalue weighted by molar-refractivity contribution is 7.98. The van der Waals surface area contributed by atoms with Crippen molar-refractivity contribution in [2.45, 2.75) is 17.4 Å². The highest BCUT2D eigenvalue weighted by atomic mass is 35.5. The smallest absolute Gasteiger partial charge is 0.344 e. The molecule has 0 bridgehead atoms. The molecule has 0 aliphatic heterocycles. The van der Waals surface area contributed by atoms with Crippen molar-refractivity contribution in [3.05, 3.63) is 99.5 Å². The number of para-hydroxylation sites is 1. The van der Waals surface area contributed by atoms with Crippen LogP contribution in [0.2, 0.25) is 10.0 Å². The van der Waals surface area contributed by atoms with Crippen LogP contribution in [0.3, 0.4) is 0 Å². The van der Waals surface area contributed by atoms with Crippen LogP contribution in [0.25, 0.3) is 10.9 Å². The molecule has 4 rings (SSSR count). The highest BCUT2D eigenvalue weighted by Crippen LogP contribution is 2.38. The molecular weight excluding hydrogens is 465 g/mol. The largest absolute Gasteiger partial charge is 0.487 e. The van der Waals surface area contributed by atoms with Crippen molar-refractivity contribution in [2.24, 2.45) is 0 Å². The highest BCUT2D eigenvalue weighted by Gasteiger charge is 2.24. The molecule has 0 aliphatic carbocycles. The molecule has 32 heavy (non-hydrogen) atoms. The maximum absolute atomic E-state index is 12.8. The molecule has 0 atom stereocenters. The summed E-state index contributed by atoms with van der Waals surface area (Å²) in [5, 5.41) is 2.50. The summed E-state index contributed by atoms with van der Waals surface area (Å²) in [6, 6.07) is 22.6. The van der Waals surface area contributed by atoms with Crippen LogP contribution in [-0.4, -0.2) is 18.1 Å². The van der Waals surface area contributed by atoms with Crippen LogP contribution in [-0.2, 0) is 17.1 Å². The van der Waals surface area contributed by atoms with Gasteiger partial charge >= 0.3 is 5.97 Å². The number of aromatic nitrogens is 1. The Morgan fingerprint density at radius 1 is 0.906 bits per heavy atom. The summed E-state index contributed by atoms with van der Waals surface area (Å²) in [6.07, 6.45) is 0. The maximum Gasteiger partial charge on any atom is 0.344 e. The van der Waals surface area contributed by atoms with Crippen LogP contribution in [0.4, 0.5) is 0 Å². The lowest BCUT2D eigenvalue weighted by atomic mass is 10.1. The van der Waals surface area contributed by atoms with Gasteiger partial charge in [-0.05, 0) is 29.8 Å². The van der Waals surface area contributed by atoms with Gasteiger partial charge in [0.15, 0.2) is 0 Å². The number of hydrogen-bond acceptors (Lipinski definition) is 5. The summed E-state index contributed by atoms with van der Waals surface area (Å²) in [5.41, 5.74) is 2.77. The van der Waals surface area contributed by atoms with Gasteiger partial charge in [0.1, 0.15) is 22.9 Å². The van der Waals surface area contributed by atoms with Crippen LogP contribution in [0.5, 0.6) is 5.75 Å². The molecule has 0 amide bonds. The standard InChI is InChI=1S/C25H19Cl2NO3S/c1-30-25(29)22-23(31-14-16-8-2-5-11-19(16)26)18-10-4-7-13-21(18)28-24(22)32-15-17-9-3-6-12-20(17)27/h2-13H,14-15H2,1H3. The second-order valence-electron chi connectivity index (χ2n) is 6.89. The van der Waals surface area contributed by atoms with E-state index in [0.717, 1.165) is 22.0 Å². The first-order chi connectivity index (χ1) is 15.6. The van der Waals surface area contributed by atoms with Crippen LogP contribution in [0, 0.1) is 0 Å². The predicted octanol–water partition coefficient (Wildman–Crippen LogP) is 7.20. The van der Waals surface area contributed by atoms with Crippen molar-refractivity contribution in [3.63, 3.8) is 0 Å². The molecule has 3 aromatic carbocycles. The number of rotatable bonds is 7. The van der Waals surface area contributed by atoms with Crippen molar-refractivity contribution in [2.75, 3.05) is 7.11 Å². The number of pyridine rings is 1. The van der Waals surface area contributed by atoms with E-state index in [1.807, 2.05) is 66.7 Å². The number of carbonyl (C=O) groups excluding carboxylic acids is 1. The van der Waals surface area contributed by atoms with Gasteiger partial charge in [0.25, 0.3) is 0 Å². The van der Waals surface area contributed by atoms with Crippen LogP contribution in [0.15, 0.2) is 77.8 Å². The van der Waals surface area contributed by atoms with E-state index in [0.29, 0.717) is 26.6 Å². The van der Waals surface area contributed by atoms with E-state index in [-0.39, 0.29) is 12.2 Å². The lowest BCUT2D eigenvalue weighted by Crippen LogP contribution is -2.10. The first-order valence-electron chi connectivity index (χ1n) is 9.82. The summed E-state index contributed by atoms with van der Waals surface area (Å²) >= 11 is 14.0. The molecule has 0 radical (unpaired) electrons. The molecule has 0 saturated heterocycles. The number of fused-ring (bicyclic) bond motifs is 1. The normalized spacial score (nSPS) is 10.8. The second-order valence-corrected chi connectivity index (χ2v) is 8.67. The predicted molar refractivity (Wildman–Crippen MR) is 130 cm³/mol. The second kappa shape index (κ2) is 10.3. The van der Waals surface area contributed by atoms with Crippen LogP contribution in [0.1, 0.15) is 21.5 Å². The maximum atomic E-state index is 12.8. The first-order valence-corrected chi connectivity index (χ1v) is 11.6. The average molecular weight is 484 g/mol. The monoisotopic (exact) mass is 483 g/mol. The van der Waals surface area contributed by atoms with Gasteiger partial charge in [-0.1, -0.05) is 71.7 Å².